The monoisotopic (exact) mass is 242 g/mol. The van der Waals surface area contributed by atoms with Gasteiger partial charge in [-0.05, 0) is 38.0 Å². The van der Waals surface area contributed by atoms with Crippen LogP contribution in [0.2, 0.25) is 0 Å². The third-order valence-corrected chi connectivity index (χ3v) is 3.91. The third-order valence-electron chi connectivity index (χ3n) is 3.91. The Balaban J connectivity index is 2.48. The number of hydrogen-bond donors (Lipinski definition) is 3. The van der Waals surface area contributed by atoms with Crippen LogP contribution >= 0.6 is 0 Å². The van der Waals surface area contributed by atoms with E-state index in [-0.39, 0.29) is 18.6 Å². The van der Waals surface area contributed by atoms with Gasteiger partial charge in [0.15, 0.2) is 0 Å². The summed E-state index contributed by atoms with van der Waals surface area (Å²) in [5.74, 6) is 0.674. The maximum atomic E-state index is 11.8. The second-order valence-corrected chi connectivity index (χ2v) is 5.54. The first kappa shape index (κ1) is 14.5. The van der Waals surface area contributed by atoms with Crippen LogP contribution in [-0.2, 0) is 4.79 Å². The molecule has 0 saturated heterocycles. The molecule has 4 heteroatoms. The summed E-state index contributed by atoms with van der Waals surface area (Å²) in [6, 6.07) is -0.0757. The van der Waals surface area contributed by atoms with Gasteiger partial charge in [0.05, 0.1) is 12.1 Å². The van der Waals surface area contributed by atoms with E-state index in [0.29, 0.717) is 12.3 Å². The van der Waals surface area contributed by atoms with Gasteiger partial charge < -0.3 is 16.2 Å². The number of nitrogens with one attached hydrogen (secondary N) is 1. The Labute approximate surface area is 104 Å². The molecule has 1 fully saturated rings. The van der Waals surface area contributed by atoms with Crippen LogP contribution < -0.4 is 11.1 Å². The van der Waals surface area contributed by atoms with Crippen molar-refractivity contribution in [3.05, 3.63) is 0 Å². The van der Waals surface area contributed by atoms with E-state index in [2.05, 4.69) is 12.2 Å². The molecule has 100 valence electrons. The number of aliphatic hydroxyl groups is 1. The number of nitrogens with two attached hydrogens (primary N) is 1. The van der Waals surface area contributed by atoms with Crippen LogP contribution in [0, 0.1) is 5.92 Å². The maximum Gasteiger partial charge on any atom is 0.222 e. The number of amides is 1. The molecule has 1 aliphatic carbocycles. The normalized spacial score (nSPS) is 30.9. The molecule has 0 aromatic heterocycles. The molecule has 1 saturated carbocycles. The molecule has 0 spiro atoms. The Kier molecular flexibility index (Phi) is 5.40. The summed E-state index contributed by atoms with van der Waals surface area (Å²) < 4.78 is 0. The summed E-state index contributed by atoms with van der Waals surface area (Å²) in [6.45, 7) is 4.23. The van der Waals surface area contributed by atoms with Gasteiger partial charge in [-0.3, -0.25) is 4.79 Å². The summed E-state index contributed by atoms with van der Waals surface area (Å²) >= 11 is 0. The molecule has 1 unspecified atom stereocenters. The predicted octanol–water partition coefficient (Wildman–Crippen LogP) is 1.17. The van der Waals surface area contributed by atoms with Gasteiger partial charge in [-0.2, -0.15) is 0 Å². The lowest BCUT2D eigenvalue weighted by atomic mass is 9.77. The van der Waals surface area contributed by atoms with Crippen molar-refractivity contribution >= 4 is 5.91 Å². The van der Waals surface area contributed by atoms with Gasteiger partial charge >= 0.3 is 0 Å². The zero-order valence-corrected chi connectivity index (χ0v) is 11.0. The summed E-state index contributed by atoms with van der Waals surface area (Å²) in [5, 5.41) is 12.5. The minimum absolute atomic E-state index is 0.0250. The Morgan fingerprint density at radius 1 is 1.53 bits per heavy atom. The standard InChI is InChI=1S/C13H26N2O2/c1-3-11(14)8-12(17)15-13(9-16)6-4-10(2)5-7-13/h10-11,16H,3-9,14H2,1-2H3,(H,15,17). The Hall–Kier alpha value is -0.610. The second kappa shape index (κ2) is 6.36. The molecule has 0 aliphatic heterocycles. The fourth-order valence-corrected chi connectivity index (χ4v) is 2.37. The Morgan fingerprint density at radius 3 is 2.59 bits per heavy atom. The van der Waals surface area contributed by atoms with Gasteiger partial charge in [0.1, 0.15) is 0 Å². The van der Waals surface area contributed by atoms with Crippen molar-refractivity contribution in [1.29, 1.82) is 0 Å². The van der Waals surface area contributed by atoms with Crippen LogP contribution in [0.5, 0.6) is 0 Å². The van der Waals surface area contributed by atoms with Crippen LogP contribution in [0.3, 0.4) is 0 Å². The smallest absolute Gasteiger partial charge is 0.222 e. The highest BCUT2D eigenvalue weighted by molar-refractivity contribution is 5.77. The van der Waals surface area contributed by atoms with Crippen LogP contribution in [0.25, 0.3) is 0 Å². The maximum absolute atomic E-state index is 11.8. The number of carbonyl (C=O) groups is 1. The molecule has 1 rings (SSSR count). The molecular formula is C13H26N2O2. The van der Waals surface area contributed by atoms with E-state index in [9.17, 15) is 9.90 Å². The molecule has 1 amide bonds. The van der Waals surface area contributed by atoms with Crippen LogP contribution in [-0.4, -0.2) is 29.2 Å². The minimum Gasteiger partial charge on any atom is -0.394 e. The first-order valence-corrected chi connectivity index (χ1v) is 6.69. The largest absolute Gasteiger partial charge is 0.394 e. The fraction of sp³-hybridized carbons (Fsp3) is 0.923. The molecule has 4 N–H and O–H groups in total. The van der Waals surface area contributed by atoms with E-state index in [4.69, 9.17) is 5.73 Å². The minimum atomic E-state index is -0.392. The lowest BCUT2D eigenvalue weighted by molar-refractivity contribution is -0.124. The van der Waals surface area contributed by atoms with Crippen LogP contribution in [0.4, 0.5) is 0 Å². The summed E-state index contributed by atoms with van der Waals surface area (Å²) in [5.41, 5.74) is 5.37. The van der Waals surface area contributed by atoms with Crippen molar-refractivity contribution in [2.45, 2.75) is 64.0 Å². The van der Waals surface area contributed by atoms with Crippen molar-refractivity contribution in [2.24, 2.45) is 11.7 Å². The first-order chi connectivity index (χ1) is 8.01. The SMILES string of the molecule is CCC(N)CC(=O)NC1(CO)CCC(C)CC1. The molecule has 4 nitrogen and oxygen atoms in total. The topological polar surface area (TPSA) is 75.4 Å². The molecule has 1 aliphatic rings. The van der Waals surface area contributed by atoms with Gasteiger partial charge in [-0.15, -0.1) is 0 Å². The van der Waals surface area contributed by atoms with Gasteiger partial charge in [0.25, 0.3) is 0 Å². The first-order valence-electron chi connectivity index (χ1n) is 6.69. The molecular weight excluding hydrogens is 216 g/mol. The number of hydrogen-bond acceptors (Lipinski definition) is 3. The average molecular weight is 242 g/mol. The average Bonchev–Trinajstić information content (AvgIpc) is 2.32. The van der Waals surface area contributed by atoms with Crippen LogP contribution in [0.15, 0.2) is 0 Å². The highest BCUT2D eigenvalue weighted by atomic mass is 16.3. The number of aliphatic hydroxyl groups excluding tert-OH is 1. The second-order valence-electron chi connectivity index (χ2n) is 5.54. The van der Waals surface area contributed by atoms with E-state index in [0.717, 1.165) is 32.1 Å². The molecule has 0 heterocycles. The summed E-state index contributed by atoms with van der Waals surface area (Å²) in [7, 11) is 0. The van der Waals surface area contributed by atoms with E-state index in [1.54, 1.807) is 0 Å². The van der Waals surface area contributed by atoms with Gasteiger partial charge in [-0.1, -0.05) is 13.8 Å². The molecule has 1 atom stereocenters. The quantitative estimate of drug-likeness (QED) is 0.677. The Morgan fingerprint density at radius 2 is 2.12 bits per heavy atom. The van der Waals surface area contributed by atoms with Crippen LogP contribution in [0.1, 0.15) is 52.4 Å². The zero-order valence-electron chi connectivity index (χ0n) is 11.0. The summed E-state index contributed by atoms with van der Waals surface area (Å²) in [6.07, 6.45) is 5.04. The van der Waals surface area contributed by atoms with E-state index >= 15 is 0 Å². The van der Waals surface area contributed by atoms with Crippen molar-refractivity contribution < 1.29 is 9.90 Å². The zero-order chi connectivity index (χ0) is 12.9. The molecule has 0 radical (unpaired) electrons. The number of rotatable bonds is 5. The molecule has 0 bridgehead atoms. The van der Waals surface area contributed by atoms with Crippen molar-refractivity contribution in [2.75, 3.05) is 6.61 Å². The number of carbonyl (C=O) groups excluding carboxylic acids is 1. The van der Waals surface area contributed by atoms with Crippen molar-refractivity contribution in [3.63, 3.8) is 0 Å². The molecule has 0 aromatic rings. The highest BCUT2D eigenvalue weighted by Crippen LogP contribution is 2.31. The highest BCUT2D eigenvalue weighted by Gasteiger charge is 2.34. The third kappa shape index (κ3) is 4.28. The van der Waals surface area contributed by atoms with E-state index in [1.165, 1.54) is 0 Å². The van der Waals surface area contributed by atoms with Crippen molar-refractivity contribution in [1.82, 2.24) is 5.32 Å². The van der Waals surface area contributed by atoms with Gasteiger partial charge in [0.2, 0.25) is 5.91 Å². The fourth-order valence-electron chi connectivity index (χ4n) is 2.37. The van der Waals surface area contributed by atoms with Gasteiger partial charge in [0, 0.05) is 12.5 Å². The van der Waals surface area contributed by atoms with E-state index < -0.39 is 5.54 Å². The predicted molar refractivity (Wildman–Crippen MR) is 68.5 cm³/mol. The lowest BCUT2D eigenvalue weighted by Crippen LogP contribution is -2.54. The molecule has 0 aromatic carbocycles. The van der Waals surface area contributed by atoms with Crippen molar-refractivity contribution in [3.8, 4) is 0 Å². The summed E-state index contributed by atoms with van der Waals surface area (Å²) in [4.78, 5) is 11.8. The van der Waals surface area contributed by atoms with Gasteiger partial charge in [-0.25, -0.2) is 0 Å². The molecule has 17 heavy (non-hydrogen) atoms. The lowest BCUT2D eigenvalue weighted by Gasteiger charge is -2.39. The Bertz CT molecular complexity index is 248. The van der Waals surface area contributed by atoms with E-state index in [1.807, 2.05) is 6.92 Å².